The SMILES string of the molecule is CCn1nccc1C(O)c1ccncc1. The number of rotatable bonds is 3. The molecule has 0 radical (unpaired) electrons. The molecular weight excluding hydrogens is 190 g/mol. The second kappa shape index (κ2) is 4.23. The summed E-state index contributed by atoms with van der Waals surface area (Å²) < 4.78 is 1.78. The van der Waals surface area contributed by atoms with E-state index in [1.165, 1.54) is 0 Å². The van der Waals surface area contributed by atoms with E-state index in [4.69, 9.17) is 0 Å². The van der Waals surface area contributed by atoms with Gasteiger partial charge in [-0.15, -0.1) is 0 Å². The average Bonchev–Trinajstić information content (AvgIpc) is 2.77. The van der Waals surface area contributed by atoms with Crippen molar-refractivity contribution in [3.63, 3.8) is 0 Å². The second-order valence-electron chi connectivity index (χ2n) is 3.25. The van der Waals surface area contributed by atoms with E-state index >= 15 is 0 Å². The Morgan fingerprint density at radius 3 is 2.67 bits per heavy atom. The normalized spacial score (nSPS) is 12.7. The predicted octanol–water partition coefficient (Wildman–Crippen LogP) is 1.38. The van der Waals surface area contributed by atoms with E-state index in [1.54, 1.807) is 35.4 Å². The van der Waals surface area contributed by atoms with Crippen LogP contribution in [0.1, 0.15) is 24.3 Å². The van der Waals surface area contributed by atoms with Crippen molar-refractivity contribution in [1.82, 2.24) is 14.8 Å². The first-order valence-corrected chi connectivity index (χ1v) is 4.92. The van der Waals surface area contributed by atoms with Crippen LogP contribution < -0.4 is 0 Å². The van der Waals surface area contributed by atoms with Gasteiger partial charge in [-0.1, -0.05) is 0 Å². The van der Waals surface area contributed by atoms with Crippen molar-refractivity contribution in [3.05, 3.63) is 48.0 Å². The summed E-state index contributed by atoms with van der Waals surface area (Å²) in [7, 11) is 0. The zero-order chi connectivity index (χ0) is 10.7. The monoisotopic (exact) mass is 203 g/mol. The first kappa shape index (κ1) is 9.86. The summed E-state index contributed by atoms with van der Waals surface area (Å²) >= 11 is 0. The molecule has 4 nitrogen and oxygen atoms in total. The smallest absolute Gasteiger partial charge is 0.121 e. The maximum Gasteiger partial charge on any atom is 0.121 e. The molecule has 15 heavy (non-hydrogen) atoms. The summed E-state index contributed by atoms with van der Waals surface area (Å²) in [5.41, 5.74) is 1.64. The van der Waals surface area contributed by atoms with Crippen LogP contribution in [0.3, 0.4) is 0 Å². The van der Waals surface area contributed by atoms with Gasteiger partial charge in [0.2, 0.25) is 0 Å². The van der Waals surface area contributed by atoms with E-state index < -0.39 is 6.10 Å². The Labute approximate surface area is 88.2 Å². The van der Waals surface area contributed by atoms with Crippen molar-refractivity contribution in [2.45, 2.75) is 19.6 Å². The number of aliphatic hydroxyl groups is 1. The molecule has 0 aliphatic heterocycles. The number of hydrogen-bond donors (Lipinski definition) is 1. The Balaban J connectivity index is 2.32. The summed E-state index contributed by atoms with van der Waals surface area (Å²) in [5, 5.41) is 14.2. The lowest BCUT2D eigenvalue weighted by atomic mass is 10.1. The lowest BCUT2D eigenvalue weighted by Crippen LogP contribution is -2.08. The third-order valence-corrected chi connectivity index (χ3v) is 2.35. The molecule has 0 aliphatic carbocycles. The van der Waals surface area contributed by atoms with Crippen LogP contribution in [0, 0.1) is 0 Å². The quantitative estimate of drug-likeness (QED) is 0.819. The Morgan fingerprint density at radius 2 is 2.00 bits per heavy atom. The molecule has 1 N–H and O–H groups in total. The Hall–Kier alpha value is -1.68. The lowest BCUT2D eigenvalue weighted by Gasteiger charge is -2.12. The molecule has 2 heterocycles. The van der Waals surface area contributed by atoms with E-state index in [0.29, 0.717) is 0 Å². The predicted molar refractivity (Wildman–Crippen MR) is 56.2 cm³/mol. The summed E-state index contributed by atoms with van der Waals surface area (Å²) in [4.78, 5) is 3.92. The van der Waals surface area contributed by atoms with Gasteiger partial charge in [0.25, 0.3) is 0 Å². The molecular formula is C11H13N3O. The minimum absolute atomic E-state index is 0.629. The standard InChI is InChI=1S/C11H13N3O/c1-2-14-10(5-8-13-14)11(15)9-3-6-12-7-4-9/h3-8,11,15H,2H2,1H3. The zero-order valence-corrected chi connectivity index (χ0v) is 8.54. The third kappa shape index (κ3) is 1.89. The third-order valence-electron chi connectivity index (χ3n) is 2.35. The number of aliphatic hydroxyl groups excluding tert-OH is 1. The fourth-order valence-corrected chi connectivity index (χ4v) is 1.56. The molecule has 0 saturated carbocycles. The largest absolute Gasteiger partial charge is 0.382 e. The first-order chi connectivity index (χ1) is 7.33. The van der Waals surface area contributed by atoms with Crippen molar-refractivity contribution >= 4 is 0 Å². The molecule has 78 valence electrons. The molecule has 4 heteroatoms. The van der Waals surface area contributed by atoms with E-state index in [9.17, 15) is 5.11 Å². The molecule has 0 aliphatic rings. The van der Waals surface area contributed by atoms with Gasteiger partial charge < -0.3 is 5.11 Å². The summed E-state index contributed by atoms with van der Waals surface area (Å²) in [6.07, 6.45) is 4.41. The van der Waals surface area contributed by atoms with E-state index in [1.807, 2.05) is 13.0 Å². The Morgan fingerprint density at radius 1 is 1.27 bits per heavy atom. The molecule has 0 aromatic carbocycles. The minimum atomic E-state index is -0.629. The molecule has 2 aromatic rings. The maximum atomic E-state index is 10.1. The van der Waals surface area contributed by atoms with Crippen LogP contribution >= 0.6 is 0 Å². The highest BCUT2D eigenvalue weighted by atomic mass is 16.3. The lowest BCUT2D eigenvalue weighted by molar-refractivity contribution is 0.208. The van der Waals surface area contributed by atoms with Crippen LogP contribution in [0.2, 0.25) is 0 Å². The van der Waals surface area contributed by atoms with Crippen molar-refractivity contribution in [3.8, 4) is 0 Å². The highest BCUT2D eigenvalue weighted by Gasteiger charge is 2.13. The number of aryl methyl sites for hydroxylation is 1. The summed E-state index contributed by atoms with van der Waals surface area (Å²) in [6, 6.07) is 5.43. The molecule has 0 amide bonds. The Kier molecular flexibility index (Phi) is 2.78. The highest BCUT2D eigenvalue weighted by Crippen LogP contribution is 2.20. The van der Waals surface area contributed by atoms with Gasteiger partial charge >= 0.3 is 0 Å². The highest BCUT2D eigenvalue weighted by molar-refractivity contribution is 5.22. The topological polar surface area (TPSA) is 50.9 Å². The molecule has 0 spiro atoms. The number of pyridine rings is 1. The van der Waals surface area contributed by atoms with Gasteiger partial charge in [-0.25, -0.2) is 0 Å². The van der Waals surface area contributed by atoms with Crippen LogP contribution in [0.15, 0.2) is 36.8 Å². The van der Waals surface area contributed by atoms with Crippen LogP contribution in [-0.2, 0) is 6.54 Å². The van der Waals surface area contributed by atoms with E-state index in [0.717, 1.165) is 17.8 Å². The molecule has 0 bridgehead atoms. The van der Waals surface area contributed by atoms with Crippen molar-refractivity contribution in [1.29, 1.82) is 0 Å². The van der Waals surface area contributed by atoms with Crippen LogP contribution in [0.25, 0.3) is 0 Å². The van der Waals surface area contributed by atoms with Crippen molar-refractivity contribution in [2.24, 2.45) is 0 Å². The maximum absolute atomic E-state index is 10.1. The van der Waals surface area contributed by atoms with Gasteiger partial charge in [-0.3, -0.25) is 9.67 Å². The fourth-order valence-electron chi connectivity index (χ4n) is 1.56. The minimum Gasteiger partial charge on any atom is -0.382 e. The van der Waals surface area contributed by atoms with Crippen molar-refractivity contribution < 1.29 is 5.11 Å². The van der Waals surface area contributed by atoms with Gasteiger partial charge in [0, 0.05) is 25.1 Å². The van der Waals surface area contributed by atoms with Gasteiger partial charge in [0.1, 0.15) is 6.10 Å². The van der Waals surface area contributed by atoms with Crippen LogP contribution in [0.4, 0.5) is 0 Å². The Bertz CT molecular complexity index is 424. The number of nitrogens with zero attached hydrogens (tertiary/aromatic N) is 3. The van der Waals surface area contributed by atoms with Gasteiger partial charge in [0.15, 0.2) is 0 Å². The van der Waals surface area contributed by atoms with Crippen molar-refractivity contribution in [2.75, 3.05) is 0 Å². The zero-order valence-electron chi connectivity index (χ0n) is 8.54. The van der Waals surface area contributed by atoms with Gasteiger partial charge in [0.05, 0.1) is 5.69 Å². The first-order valence-electron chi connectivity index (χ1n) is 4.92. The molecule has 0 fully saturated rings. The summed E-state index contributed by atoms with van der Waals surface area (Å²) in [5.74, 6) is 0. The van der Waals surface area contributed by atoms with Crippen LogP contribution in [0.5, 0.6) is 0 Å². The molecule has 2 aromatic heterocycles. The molecule has 0 saturated heterocycles. The van der Waals surface area contributed by atoms with E-state index in [-0.39, 0.29) is 0 Å². The second-order valence-corrected chi connectivity index (χ2v) is 3.25. The molecule has 1 atom stereocenters. The summed E-state index contributed by atoms with van der Waals surface area (Å²) in [6.45, 7) is 2.75. The molecule has 1 unspecified atom stereocenters. The average molecular weight is 203 g/mol. The van der Waals surface area contributed by atoms with E-state index in [2.05, 4.69) is 10.1 Å². The van der Waals surface area contributed by atoms with Crippen LogP contribution in [-0.4, -0.2) is 19.9 Å². The van der Waals surface area contributed by atoms with Gasteiger partial charge in [-0.05, 0) is 30.7 Å². The van der Waals surface area contributed by atoms with Gasteiger partial charge in [-0.2, -0.15) is 5.10 Å². The number of hydrogen-bond acceptors (Lipinski definition) is 3. The fraction of sp³-hybridized carbons (Fsp3) is 0.273. The number of aromatic nitrogens is 3. The molecule has 2 rings (SSSR count).